The van der Waals surface area contributed by atoms with Crippen molar-refractivity contribution in [1.82, 2.24) is 0 Å². The van der Waals surface area contributed by atoms with Crippen LogP contribution in [0.5, 0.6) is 0 Å². The van der Waals surface area contributed by atoms with Crippen molar-refractivity contribution in [3.05, 3.63) is 67.3 Å². The summed E-state index contributed by atoms with van der Waals surface area (Å²) >= 11 is 2.33. The molecular weight excluding hydrogens is 359 g/mol. The van der Waals surface area contributed by atoms with Gasteiger partial charge in [-0.1, -0.05) is 35.9 Å². The molecule has 2 heteroatoms. The summed E-state index contributed by atoms with van der Waals surface area (Å²) in [6, 6.07) is 10.5. The van der Waals surface area contributed by atoms with Crippen LogP contribution in [0, 0.1) is 31.3 Å². The van der Waals surface area contributed by atoms with Gasteiger partial charge in [0.25, 0.3) is 0 Å². The fourth-order valence-corrected chi connectivity index (χ4v) is 3.48. The molecule has 0 aliphatic heterocycles. The largest absolute Gasteiger partial charge is 0.388 e. The van der Waals surface area contributed by atoms with Gasteiger partial charge < -0.3 is 5.11 Å². The summed E-state index contributed by atoms with van der Waals surface area (Å²) in [7, 11) is 0. The minimum Gasteiger partial charge on any atom is -0.388 e. The molecule has 0 aliphatic carbocycles. The molecule has 20 heavy (non-hydrogen) atoms. The third kappa shape index (κ3) is 3.23. The lowest BCUT2D eigenvalue weighted by Gasteiger charge is -2.18. The number of aliphatic hydroxyl groups is 1. The molecule has 1 nitrogen and oxygen atoms in total. The molecule has 0 saturated carbocycles. The average molecular weight is 380 g/mol. The molecule has 0 radical (unpaired) electrons. The first-order valence-electron chi connectivity index (χ1n) is 6.90. The van der Waals surface area contributed by atoms with Crippen LogP contribution in [0.1, 0.15) is 39.5 Å². The fraction of sp³-hybridized carbons (Fsp3) is 0.333. The molecule has 2 rings (SSSR count). The Morgan fingerprint density at radius 3 is 2.20 bits per heavy atom. The van der Waals surface area contributed by atoms with Crippen molar-refractivity contribution >= 4 is 22.6 Å². The Balaban J connectivity index is 2.33. The first-order valence-corrected chi connectivity index (χ1v) is 7.98. The van der Waals surface area contributed by atoms with Crippen LogP contribution in [0.25, 0.3) is 0 Å². The lowest BCUT2D eigenvalue weighted by Crippen LogP contribution is -2.07. The summed E-state index contributed by atoms with van der Waals surface area (Å²) in [5.74, 6) is 0. The molecule has 0 heterocycles. The van der Waals surface area contributed by atoms with Crippen LogP contribution in [0.4, 0.5) is 0 Å². The molecule has 0 aromatic heterocycles. The molecule has 0 saturated heterocycles. The van der Waals surface area contributed by atoms with Crippen molar-refractivity contribution < 1.29 is 5.11 Å². The Labute approximate surface area is 135 Å². The summed E-state index contributed by atoms with van der Waals surface area (Å²) in [6.45, 7) is 8.45. The molecule has 1 unspecified atom stereocenters. The van der Waals surface area contributed by atoms with E-state index in [0.29, 0.717) is 6.42 Å². The van der Waals surface area contributed by atoms with Crippen LogP contribution in [-0.2, 0) is 6.42 Å². The van der Waals surface area contributed by atoms with Crippen LogP contribution in [0.3, 0.4) is 0 Å². The zero-order valence-electron chi connectivity index (χ0n) is 12.5. The Bertz CT molecular complexity index is 608. The van der Waals surface area contributed by atoms with Crippen LogP contribution in [-0.4, -0.2) is 5.11 Å². The standard InChI is InChI=1S/C18H21IO/c1-11-8-13(3)16(14(4)9-11)10-17(20)15-7-5-6-12(2)18(15)19/h5-9,17,20H,10H2,1-4H3. The Morgan fingerprint density at radius 1 is 1.00 bits per heavy atom. The normalized spacial score (nSPS) is 12.5. The van der Waals surface area contributed by atoms with Gasteiger partial charge in [-0.3, -0.25) is 0 Å². The average Bonchev–Trinajstić information content (AvgIpc) is 2.36. The highest BCUT2D eigenvalue weighted by Gasteiger charge is 2.15. The number of aryl methyl sites for hydroxylation is 4. The summed E-state index contributed by atoms with van der Waals surface area (Å²) in [6.07, 6.45) is 0.235. The number of aliphatic hydroxyl groups excluding tert-OH is 1. The lowest BCUT2D eigenvalue weighted by atomic mass is 9.92. The molecule has 0 amide bonds. The third-order valence-corrected chi connectivity index (χ3v) is 5.29. The Kier molecular flexibility index (Phi) is 4.86. The molecule has 1 atom stereocenters. The van der Waals surface area contributed by atoms with Gasteiger partial charge in [0, 0.05) is 9.99 Å². The second-order valence-corrected chi connectivity index (χ2v) is 6.65. The van der Waals surface area contributed by atoms with Gasteiger partial charge in [-0.05, 0) is 78.1 Å². The second kappa shape index (κ2) is 6.27. The van der Waals surface area contributed by atoms with Gasteiger partial charge in [-0.15, -0.1) is 0 Å². The van der Waals surface area contributed by atoms with E-state index in [4.69, 9.17) is 0 Å². The minimum absolute atomic E-state index is 0.443. The van der Waals surface area contributed by atoms with E-state index in [1.165, 1.54) is 31.4 Å². The summed E-state index contributed by atoms with van der Waals surface area (Å²) < 4.78 is 1.17. The van der Waals surface area contributed by atoms with E-state index in [-0.39, 0.29) is 0 Å². The van der Waals surface area contributed by atoms with E-state index in [0.717, 1.165) is 5.56 Å². The predicted octanol–water partition coefficient (Wildman–Crippen LogP) is 4.80. The highest BCUT2D eigenvalue weighted by molar-refractivity contribution is 14.1. The van der Waals surface area contributed by atoms with E-state index < -0.39 is 6.10 Å². The summed E-state index contributed by atoms with van der Waals surface area (Å²) in [4.78, 5) is 0. The van der Waals surface area contributed by atoms with Crippen molar-refractivity contribution in [2.24, 2.45) is 0 Å². The molecule has 0 spiro atoms. The zero-order chi connectivity index (χ0) is 14.9. The van der Waals surface area contributed by atoms with Gasteiger partial charge in [-0.2, -0.15) is 0 Å². The van der Waals surface area contributed by atoms with E-state index in [9.17, 15) is 5.11 Å². The minimum atomic E-state index is -0.443. The van der Waals surface area contributed by atoms with Gasteiger partial charge >= 0.3 is 0 Å². The van der Waals surface area contributed by atoms with E-state index in [1.807, 2.05) is 12.1 Å². The predicted molar refractivity (Wildman–Crippen MR) is 93.2 cm³/mol. The Hall–Kier alpha value is -0.870. The molecular formula is C18H21IO. The molecule has 0 fully saturated rings. The number of hydrogen-bond acceptors (Lipinski definition) is 1. The quantitative estimate of drug-likeness (QED) is 0.759. The smallest absolute Gasteiger partial charge is 0.0840 e. The van der Waals surface area contributed by atoms with Gasteiger partial charge in [-0.25, -0.2) is 0 Å². The maximum atomic E-state index is 10.6. The SMILES string of the molecule is Cc1cc(C)c(CC(O)c2cccc(C)c2I)c(C)c1. The molecule has 2 aromatic rings. The highest BCUT2D eigenvalue weighted by atomic mass is 127. The number of benzene rings is 2. The van der Waals surface area contributed by atoms with Gasteiger partial charge in [0.15, 0.2) is 0 Å². The first-order chi connectivity index (χ1) is 9.40. The van der Waals surface area contributed by atoms with Crippen molar-refractivity contribution in [2.75, 3.05) is 0 Å². The van der Waals surface area contributed by atoms with E-state index >= 15 is 0 Å². The second-order valence-electron chi connectivity index (χ2n) is 5.58. The maximum absolute atomic E-state index is 10.6. The molecule has 1 N–H and O–H groups in total. The van der Waals surface area contributed by atoms with Crippen molar-refractivity contribution in [2.45, 2.75) is 40.2 Å². The Morgan fingerprint density at radius 2 is 1.60 bits per heavy atom. The van der Waals surface area contributed by atoms with Gasteiger partial charge in [0.2, 0.25) is 0 Å². The topological polar surface area (TPSA) is 20.2 Å². The van der Waals surface area contributed by atoms with Crippen LogP contribution in [0.15, 0.2) is 30.3 Å². The highest BCUT2D eigenvalue weighted by Crippen LogP contribution is 2.28. The van der Waals surface area contributed by atoms with Crippen LogP contribution in [0.2, 0.25) is 0 Å². The van der Waals surface area contributed by atoms with Crippen molar-refractivity contribution in [1.29, 1.82) is 0 Å². The van der Waals surface area contributed by atoms with Gasteiger partial charge in [0.05, 0.1) is 6.10 Å². The van der Waals surface area contributed by atoms with E-state index in [2.05, 4.69) is 68.5 Å². The number of rotatable bonds is 3. The number of hydrogen-bond donors (Lipinski definition) is 1. The monoisotopic (exact) mass is 380 g/mol. The maximum Gasteiger partial charge on any atom is 0.0840 e. The van der Waals surface area contributed by atoms with Crippen LogP contribution >= 0.6 is 22.6 Å². The fourth-order valence-electron chi connectivity index (χ4n) is 2.76. The first kappa shape index (κ1) is 15.5. The summed E-state index contributed by atoms with van der Waals surface area (Å²) in [5.41, 5.74) is 7.33. The lowest BCUT2D eigenvalue weighted by molar-refractivity contribution is 0.177. The van der Waals surface area contributed by atoms with Crippen molar-refractivity contribution in [3.8, 4) is 0 Å². The van der Waals surface area contributed by atoms with Crippen LogP contribution < -0.4 is 0 Å². The molecule has 0 bridgehead atoms. The molecule has 2 aromatic carbocycles. The molecule has 0 aliphatic rings. The third-order valence-electron chi connectivity index (χ3n) is 3.82. The van der Waals surface area contributed by atoms with Gasteiger partial charge in [0.1, 0.15) is 0 Å². The van der Waals surface area contributed by atoms with E-state index in [1.54, 1.807) is 0 Å². The summed E-state index contributed by atoms with van der Waals surface area (Å²) in [5, 5.41) is 10.6. The molecule has 106 valence electrons. The number of halogens is 1. The van der Waals surface area contributed by atoms with Crippen molar-refractivity contribution in [3.63, 3.8) is 0 Å². The zero-order valence-corrected chi connectivity index (χ0v) is 14.7.